The fourth-order valence-corrected chi connectivity index (χ4v) is 1.82. The molecule has 0 unspecified atom stereocenters. The summed E-state index contributed by atoms with van der Waals surface area (Å²) in [5.41, 5.74) is 1.48. The highest BCUT2D eigenvalue weighted by molar-refractivity contribution is 6.02. The summed E-state index contributed by atoms with van der Waals surface area (Å²) in [6.45, 7) is 0. The van der Waals surface area contributed by atoms with Crippen LogP contribution in [0.1, 0.15) is 26.3 Å². The largest absolute Gasteiger partial charge is 0.504 e. The molecule has 0 aromatic heterocycles. The van der Waals surface area contributed by atoms with Gasteiger partial charge in [-0.05, 0) is 30.3 Å². The molecule has 2 rings (SSSR count). The average molecular weight is 332 g/mol. The lowest BCUT2D eigenvalue weighted by atomic mass is 10.1. The van der Waals surface area contributed by atoms with Gasteiger partial charge in [0.2, 0.25) is 0 Å². The standard InChI is InChI=1S/C15H12N2O7/c18-9-3-1-7(5-11(9)20)14(22)17-16-6-8-2-4-10(19)13(21)12(8)15(23)24/h1-6,18-21H,(H,17,22)(H,23,24)/b16-6+. The number of phenols is 4. The van der Waals surface area contributed by atoms with E-state index in [2.05, 4.69) is 10.5 Å². The Labute approximate surface area is 134 Å². The first kappa shape index (κ1) is 16.6. The van der Waals surface area contributed by atoms with Crippen molar-refractivity contribution in [2.45, 2.75) is 0 Å². The van der Waals surface area contributed by atoms with E-state index in [0.717, 1.165) is 24.4 Å². The van der Waals surface area contributed by atoms with Gasteiger partial charge in [-0.25, -0.2) is 10.2 Å². The summed E-state index contributed by atoms with van der Waals surface area (Å²) in [6, 6.07) is 5.65. The molecular formula is C15H12N2O7. The van der Waals surface area contributed by atoms with Crippen molar-refractivity contribution in [2.75, 3.05) is 0 Å². The number of carboxylic acid groups (broad SMARTS) is 1. The molecule has 24 heavy (non-hydrogen) atoms. The Balaban J connectivity index is 2.20. The summed E-state index contributed by atoms with van der Waals surface area (Å²) < 4.78 is 0. The van der Waals surface area contributed by atoms with Gasteiger partial charge in [0, 0.05) is 11.1 Å². The molecule has 0 atom stereocenters. The summed E-state index contributed by atoms with van der Waals surface area (Å²) in [6.07, 6.45) is 0.973. The minimum atomic E-state index is -1.49. The number of phenolic OH excluding ortho intramolecular Hbond substituents is 3. The zero-order valence-corrected chi connectivity index (χ0v) is 12.0. The second kappa shape index (κ2) is 6.57. The van der Waals surface area contributed by atoms with Crippen molar-refractivity contribution in [3.8, 4) is 23.0 Å². The molecule has 0 bridgehead atoms. The van der Waals surface area contributed by atoms with Crippen molar-refractivity contribution in [3.05, 3.63) is 47.0 Å². The van der Waals surface area contributed by atoms with Gasteiger partial charge in [-0.1, -0.05) is 0 Å². The molecule has 9 nitrogen and oxygen atoms in total. The van der Waals surface area contributed by atoms with Crippen LogP contribution in [0.3, 0.4) is 0 Å². The third-order valence-corrected chi connectivity index (χ3v) is 3.01. The van der Waals surface area contributed by atoms with E-state index >= 15 is 0 Å². The number of aromatic hydroxyl groups is 4. The highest BCUT2D eigenvalue weighted by Gasteiger charge is 2.17. The van der Waals surface area contributed by atoms with Crippen LogP contribution in [-0.2, 0) is 0 Å². The number of carboxylic acids is 1. The molecule has 0 saturated carbocycles. The van der Waals surface area contributed by atoms with E-state index in [-0.39, 0.29) is 16.9 Å². The van der Waals surface area contributed by atoms with Gasteiger partial charge in [0.15, 0.2) is 23.0 Å². The van der Waals surface area contributed by atoms with Gasteiger partial charge in [0.05, 0.1) is 6.21 Å². The Hall–Kier alpha value is -3.75. The third-order valence-electron chi connectivity index (χ3n) is 3.01. The Morgan fingerprint density at radius 2 is 1.62 bits per heavy atom. The number of hydrogen-bond donors (Lipinski definition) is 6. The number of amides is 1. The Morgan fingerprint density at radius 1 is 0.958 bits per heavy atom. The van der Waals surface area contributed by atoms with Gasteiger partial charge in [-0.15, -0.1) is 0 Å². The molecule has 0 aliphatic carbocycles. The number of hydrogen-bond acceptors (Lipinski definition) is 7. The first-order valence-corrected chi connectivity index (χ1v) is 6.45. The summed E-state index contributed by atoms with van der Waals surface area (Å²) in [5.74, 6) is -4.50. The zero-order chi connectivity index (χ0) is 17.9. The summed E-state index contributed by atoms with van der Waals surface area (Å²) in [7, 11) is 0. The van der Waals surface area contributed by atoms with Crippen LogP contribution in [0.4, 0.5) is 0 Å². The van der Waals surface area contributed by atoms with Crippen molar-refractivity contribution in [2.24, 2.45) is 5.10 Å². The van der Waals surface area contributed by atoms with Gasteiger partial charge >= 0.3 is 5.97 Å². The zero-order valence-electron chi connectivity index (χ0n) is 12.0. The van der Waals surface area contributed by atoms with Gasteiger partial charge in [-0.2, -0.15) is 5.10 Å². The van der Waals surface area contributed by atoms with Gasteiger partial charge in [0.25, 0.3) is 5.91 Å². The molecule has 9 heteroatoms. The maximum absolute atomic E-state index is 11.8. The van der Waals surface area contributed by atoms with Crippen LogP contribution >= 0.6 is 0 Å². The lowest BCUT2D eigenvalue weighted by molar-refractivity contribution is 0.0692. The maximum atomic E-state index is 11.8. The van der Waals surface area contributed by atoms with Crippen molar-refractivity contribution >= 4 is 18.1 Å². The second-order valence-corrected chi connectivity index (χ2v) is 4.61. The fourth-order valence-electron chi connectivity index (χ4n) is 1.82. The molecule has 0 spiro atoms. The predicted molar refractivity (Wildman–Crippen MR) is 81.6 cm³/mol. The second-order valence-electron chi connectivity index (χ2n) is 4.61. The monoisotopic (exact) mass is 332 g/mol. The summed E-state index contributed by atoms with van der Waals surface area (Å²) in [5, 5.41) is 50.0. The SMILES string of the molecule is O=C(N/N=C/c1ccc(O)c(O)c1C(=O)O)c1ccc(O)c(O)c1. The van der Waals surface area contributed by atoms with E-state index in [4.69, 9.17) is 5.11 Å². The minimum absolute atomic E-state index is 0.00876. The Kier molecular flexibility index (Phi) is 4.55. The molecule has 0 aliphatic heterocycles. The molecular weight excluding hydrogens is 320 g/mol. The number of nitrogens with one attached hydrogen (secondary N) is 1. The van der Waals surface area contributed by atoms with E-state index in [0.29, 0.717) is 0 Å². The number of rotatable bonds is 4. The maximum Gasteiger partial charge on any atom is 0.340 e. The van der Waals surface area contributed by atoms with Crippen molar-refractivity contribution < 1.29 is 35.1 Å². The van der Waals surface area contributed by atoms with Gasteiger partial charge < -0.3 is 25.5 Å². The molecule has 1 amide bonds. The van der Waals surface area contributed by atoms with Gasteiger partial charge in [0.1, 0.15) is 5.56 Å². The predicted octanol–water partition coefficient (Wildman–Crippen LogP) is 0.971. The molecule has 0 heterocycles. The van der Waals surface area contributed by atoms with E-state index in [1.807, 2.05) is 0 Å². The molecule has 0 aliphatic rings. The Morgan fingerprint density at radius 3 is 2.25 bits per heavy atom. The highest BCUT2D eigenvalue weighted by atomic mass is 16.4. The fraction of sp³-hybridized carbons (Fsp3) is 0. The summed E-state index contributed by atoms with van der Waals surface area (Å²) in [4.78, 5) is 22.9. The van der Waals surface area contributed by atoms with Gasteiger partial charge in [-0.3, -0.25) is 4.79 Å². The van der Waals surface area contributed by atoms with Crippen LogP contribution in [-0.4, -0.2) is 43.6 Å². The number of hydrazone groups is 1. The van der Waals surface area contributed by atoms with E-state index in [1.165, 1.54) is 12.1 Å². The number of carbonyl (C=O) groups excluding carboxylic acids is 1. The topological polar surface area (TPSA) is 160 Å². The number of carbonyl (C=O) groups is 2. The van der Waals surface area contributed by atoms with E-state index in [9.17, 15) is 30.0 Å². The molecule has 0 saturated heterocycles. The molecule has 2 aromatic carbocycles. The van der Waals surface area contributed by atoms with Crippen LogP contribution in [0.5, 0.6) is 23.0 Å². The van der Waals surface area contributed by atoms with Crippen LogP contribution in [0.2, 0.25) is 0 Å². The lowest BCUT2D eigenvalue weighted by Crippen LogP contribution is -2.17. The normalized spacial score (nSPS) is 10.7. The molecule has 124 valence electrons. The summed E-state index contributed by atoms with van der Waals surface area (Å²) >= 11 is 0. The molecule has 0 radical (unpaired) electrons. The highest BCUT2D eigenvalue weighted by Crippen LogP contribution is 2.30. The molecule has 6 N–H and O–H groups in total. The van der Waals surface area contributed by atoms with Crippen molar-refractivity contribution in [3.63, 3.8) is 0 Å². The number of nitrogens with zero attached hydrogens (tertiary/aromatic N) is 1. The van der Waals surface area contributed by atoms with Crippen LogP contribution in [0, 0.1) is 0 Å². The van der Waals surface area contributed by atoms with Crippen molar-refractivity contribution in [1.82, 2.24) is 5.43 Å². The number of benzene rings is 2. The van der Waals surface area contributed by atoms with E-state index in [1.54, 1.807) is 0 Å². The first-order chi connectivity index (χ1) is 11.3. The van der Waals surface area contributed by atoms with Crippen LogP contribution in [0.25, 0.3) is 0 Å². The first-order valence-electron chi connectivity index (χ1n) is 6.45. The molecule has 0 fully saturated rings. The average Bonchev–Trinajstić information content (AvgIpc) is 2.53. The smallest absolute Gasteiger partial charge is 0.340 e. The lowest BCUT2D eigenvalue weighted by Gasteiger charge is -2.06. The molecule has 2 aromatic rings. The van der Waals surface area contributed by atoms with Crippen LogP contribution in [0.15, 0.2) is 35.4 Å². The Bertz CT molecular complexity index is 846. The van der Waals surface area contributed by atoms with Crippen molar-refractivity contribution in [1.29, 1.82) is 0 Å². The quantitative estimate of drug-likeness (QED) is 0.276. The minimum Gasteiger partial charge on any atom is -0.504 e. The van der Waals surface area contributed by atoms with Crippen LogP contribution < -0.4 is 5.43 Å². The third kappa shape index (κ3) is 3.35. The number of aromatic carboxylic acids is 1. The van der Waals surface area contributed by atoms with E-state index < -0.39 is 34.7 Å².